The number of anilines is 1. The largest absolute Gasteiger partial charge is 0.493 e. The predicted molar refractivity (Wildman–Crippen MR) is 86.0 cm³/mol. The van der Waals surface area contributed by atoms with Crippen LogP contribution in [-0.4, -0.2) is 14.2 Å². The summed E-state index contributed by atoms with van der Waals surface area (Å²) < 4.78 is 24.8. The van der Waals surface area contributed by atoms with E-state index in [1.165, 1.54) is 12.1 Å². The van der Waals surface area contributed by atoms with Crippen LogP contribution in [0, 0.1) is 5.82 Å². The number of hydrogen-bond donors (Lipinski definition) is 1. The van der Waals surface area contributed by atoms with Crippen molar-refractivity contribution in [3.8, 4) is 11.5 Å². The highest BCUT2D eigenvalue weighted by Gasteiger charge is 2.09. The van der Waals surface area contributed by atoms with E-state index < -0.39 is 5.82 Å². The van der Waals surface area contributed by atoms with Gasteiger partial charge in [0.1, 0.15) is 5.82 Å². The number of hydrogen-bond acceptors (Lipinski definition) is 3. The molecule has 0 saturated carbocycles. The molecule has 0 aliphatic rings. The van der Waals surface area contributed by atoms with Gasteiger partial charge in [-0.3, -0.25) is 0 Å². The second kappa shape index (κ2) is 7.00. The second-order valence-corrected chi connectivity index (χ2v) is 5.54. The topological polar surface area (TPSA) is 30.5 Å². The lowest BCUT2D eigenvalue weighted by atomic mass is 10.2. The van der Waals surface area contributed by atoms with Crippen molar-refractivity contribution in [1.29, 1.82) is 0 Å². The zero-order valence-corrected chi connectivity index (χ0v) is 13.9. The first-order valence-corrected chi connectivity index (χ1v) is 7.31. The Morgan fingerprint density at radius 2 is 1.81 bits per heavy atom. The molecule has 0 unspecified atom stereocenters. The van der Waals surface area contributed by atoms with Gasteiger partial charge in [0.15, 0.2) is 11.5 Å². The summed E-state index contributed by atoms with van der Waals surface area (Å²) in [7, 11) is 3.16. The summed E-state index contributed by atoms with van der Waals surface area (Å²) >= 11 is 9.14. The Kier molecular flexibility index (Phi) is 5.31. The van der Waals surface area contributed by atoms with Crippen LogP contribution < -0.4 is 14.8 Å². The number of benzene rings is 2. The minimum absolute atomic E-state index is 0.104. The van der Waals surface area contributed by atoms with Gasteiger partial charge >= 0.3 is 0 Å². The Balaban J connectivity index is 2.17. The lowest BCUT2D eigenvalue weighted by Gasteiger charge is -2.13. The van der Waals surface area contributed by atoms with E-state index in [9.17, 15) is 4.39 Å². The summed E-state index contributed by atoms with van der Waals surface area (Å²) in [4.78, 5) is 0. The van der Waals surface area contributed by atoms with Crippen LogP contribution >= 0.6 is 27.5 Å². The Bertz CT molecular complexity index is 652. The van der Waals surface area contributed by atoms with E-state index >= 15 is 0 Å². The first-order valence-electron chi connectivity index (χ1n) is 6.14. The SMILES string of the molecule is COc1cc(Br)c(CNc2ccc(Cl)c(F)c2)cc1OC. The van der Waals surface area contributed by atoms with Crippen molar-refractivity contribution >= 4 is 33.2 Å². The summed E-state index contributed by atoms with van der Waals surface area (Å²) in [6.07, 6.45) is 0. The van der Waals surface area contributed by atoms with Crippen LogP contribution in [0.25, 0.3) is 0 Å². The average molecular weight is 375 g/mol. The van der Waals surface area contributed by atoms with Crippen molar-refractivity contribution in [1.82, 2.24) is 0 Å². The minimum Gasteiger partial charge on any atom is -0.493 e. The maximum atomic E-state index is 13.4. The van der Waals surface area contributed by atoms with Crippen molar-refractivity contribution in [3.63, 3.8) is 0 Å². The minimum atomic E-state index is -0.451. The Hall–Kier alpha value is -1.46. The van der Waals surface area contributed by atoms with Gasteiger partial charge < -0.3 is 14.8 Å². The van der Waals surface area contributed by atoms with Crippen molar-refractivity contribution in [3.05, 3.63) is 51.2 Å². The fourth-order valence-electron chi connectivity index (χ4n) is 1.84. The Morgan fingerprint density at radius 3 is 2.43 bits per heavy atom. The molecule has 0 saturated heterocycles. The van der Waals surface area contributed by atoms with Crippen LogP contribution in [-0.2, 0) is 6.54 Å². The standard InChI is InChI=1S/C15H14BrClFNO2/c1-20-14-5-9(11(16)7-15(14)21-2)8-19-10-3-4-12(17)13(18)6-10/h3-7,19H,8H2,1-2H3. The van der Waals surface area contributed by atoms with Crippen LogP contribution in [0.3, 0.4) is 0 Å². The molecule has 2 aromatic carbocycles. The lowest BCUT2D eigenvalue weighted by molar-refractivity contribution is 0.354. The molecule has 0 radical (unpaired) electrons. The predicted octanol–water partition coefficient (Wildman–Crippen LogP) is 4.87. The Morgan fingerprint density at radius 1 is 1.14 bits per heavy atom. The third-order valence-corrected chi connectivity index (χ3v) is 4.00. The lowest BCUT2D eigenvalue weighted by Crippen LogP contribution is -2.02. The van der Waals surface area contributed by atoms with Crippen LogP contribution in [0.4, 0.5) is 10.1 Å². The molecule has 21 heavy (non-hydrogen) atoms. The number of halogens is 3. The maximum Gasteiger partial charge on any atom is 0.161 e. The molecule has 0 bridgehead atoms. The van der Waals surface area contributed by atoms with E-state index in [1.807, 2.05) is 12.1 Å². The molecule has 0 aliphatic heterocycles. The van der Waals surface area contributed by atoms with Crippen LogP contribution in [0.15, 0.2) is 34.8 Å². The molecular formula is C15H14BrClFNO2. The van der Waals surface area contributed by atoms with E-state index in [-0.39, 0.29) is 5.02 Å². The first-order chi connectivity index (χ1) is 10.0. The van der Waals surface area contributed by atoms with Gasteiger partial charge in [-0.2, -0.15) is 0 Å². The fraction of sp³-hybridized carbons (Fsp3) is 0.200. The number of methoxy groups -OCH3 is 2. The summed E-state index contributed by atoms with van der Waals surface area (Å²) in [5.41, 5.74) is 1.61. The molecule has 2 aromatic rings. The summed E-state index contributed by atoms with van der Waals surface area (Å²) in [5.74, 6) is 0.832. The monoisotopic (exact) mass is 373 g/mol. The molecule has 0 fully saturated rings. The highest BCUT2D eigenvalue weighted by atomic mass is 79.9. The van der Waals surface area contributed by atoms with Gasteiger partial charge in [0, 0.05) is 16.7 Å². The second-order valence-electron chi connectivity index (χ2n) is 4.28. The van der Waals surface area contributed by atoms with Gasteiger partial charge in [-0.05, 0) is 35.9 Å². The smallest absolute Gasteiger partial charge is 0.161 e. The van der Waals surface area contributed by atoms with E-state index in [2.05, 4.69) is 21.2 Å². The van der Waals surface area contributed by atoms with Crippen molar-refractivity contribution in [2.75, 3.05) is 19.5 Å². The van der Waals surface area contributed by atoms with Crippen LogP contribution in [0.5, 0.6) is 11.5 Å². The molecule has 1 N–H and O–H groups in total. The molecular weight excluding hydrogens is 361 g/mol. The van der Waals surface area contributed by atoms with E-state index in [1.54, 1.807) is 20.3 Å². The summed E-state index contributed by atoms with van der Waals surface area (Å²) in [6, 6.07) is 8.29. The van der Waals surface area contributed by atoms with Gasteiger partial charge in [-0.25, -0.2) is 4.39 Å². The average Bonchev–Trinajstić information content (AvgIpc) is 2.49. The van der Waals surface area contributed by atoms with Crippen LogP contribution in [0.2, 0.25) is 5.02 Å². The number of rotatable bonds is 5. The van der Waals surface area contributed by atoms with Crippen molar-refractivity contribution in [2.45, 2.75) is 6.54 Å². The molecule has 6 heteroatoms. The molecule has 0 amide bonds. The van der Waals surface area contributed by atoms with Gasteiger partial charge in [0.05, 0.1) is 19.2 Å². The zero-order valence-electron chi connectivity index (χ0n) is 11.5. The third kappa shape index (κ3) is 3.80. The first kappa shape index (κ1) is 15.9. The molecule has 2 rings (SSSR count). The van der Waals surface area contributed by atoms with Gasteiger partial charge in [-0.15, -0.1) is 0 Å². The third-order valence-electron chi connectivity index (χ3n) is 2.96. The van der Waals surface area contributed by atoms with Crippen molar-refractivity contribution in [2.24, 2.45) is 0 Å². The number of ether oxygens (including phenoxy) is 2. The van der Waals surface area contributed by atoms with E-state index in [0.29, 0.717) is 23.7 Å². The molecule has 0 heterocycles. The molecule has 0 atom stereocenters. The number of nitrogens with one attached hydrogen (secondary N) is 1. The van der Waals surface area contributed by atoms with Crippen molar-refractivity contribution < 1.29 is 13.9 Å². The highest BCUT2D eigenvalue weighted by molar-refractivity contribution is 9.10. The summed E-state index contributed by atoms with van der Waals surface area (Å²) in [6.45, 7) is 0.502. The maximum absolute atomic E-state index is 13.4. The van der Waals surface area contributed by atoms with E-state index in [4.69, 9.17) is 21.1 Å². The normalized spacial score (nSPS) is 10.3. The molecule has 0 spiro atoms. The molecule has 112 valence electrons. The molecule has 3 nitrogen and oxygen atoms in total. The quantitative estimate of drug-likeness (QED) is 0.810. The van der Waals surface area contributed by atoms with Crippen LogP contribution in [0.1, 0.15) is 5.56 Å². The van der Waals surface area contributed by atoms with Gasteiger partial charge in [0.25, 0.3) is 0 Å². The highest BCUT2D eigenvalue weighted by Crippen LogP contribution is 2.33. The Labute approximate surface area is 136 Å². The molecule has 0 aromatic heterocycles. The van der Waals surface area contributed by atoms with E-state index in [0.717, 1.165) is 10.0 Å². The van der Waals surface area contributed by atoms with Gasteiger partial charge in [-0.1, -0.05) is 27.5 Å². The zero-order chi connectivity index (χ0) is 15.4. The fourth-order valence-corrected chi connectivity index (χ4v) is 2.42. The molecule has 0 aliphatic carbocycles. The van der Waals surface area contributed by atoms with Gasteiger partial charge in [0.2, 0.25) is 0 Å². The summed E-state index contributed by atoms with van der Waals surface area (Å²) in [5, 5.41) is 3.24.